The number of likely N-dealkylation sites (tertiary alicyclic amines) is 2. The molecule has 37 heavy (non-hydrogen) atoms. The molecule has 2 aliphatic heterocycles. The summed E-state index contributed by atoms with van der Waals surface area (Å²) < 4.78 is 7.80. The molecule has 5 rings (SSSR count). The molecule has 3 heterocycles. The Morgan fingerprint density at radius 1 is 1.05 bits per heavy atom. The molecular formula is C30H40N4O3. The van der Waals surface area contributed by atoms with Crippen molar-refractivity contribution in [1.29, 1.82) is 0 Å². The van der Waals surface area contributed by atoms with Gasteiger partial charge in [-0.3, -0.25) is 9.69 Å². The lowest BCUT2D eigenvalue weighted by Gasteiger charge is -2.39. The van der Waals surface area contributed by atoms with E-state index in [-0.39, 0.29) is 18.1 Å². The molecule has 1 atom stereocenters. The van der Waals surface area contributed by atoms with Gasteiger partial charge in [0.1, 0.15) is 11.4 Å². The number of ether oxygens (including phenoxy) is 1. The van der Waals surface area contributed by atoms with Crippen LogP contribution < -0.4 is 10.5 Å². The first kappa shape index (κ1) is 25.8. The van der Waals surface area contributed by atoms with Gasteiger partial charge in [-0.05, 0) is 74.9 Å². The van der Waals surface area contributed by atoms with E-state index in [0.29, 0.717) is 18.3 Å². The highest BCUT2D eigenvalue weighted by Gasteiger charge is 2.28. The molecular weight excluding hydrogens is 464 g/mol. The van der Waals surface area contributed by atoms with Gasteiger partial charge in [0.25, 0.3) is 5.91 Å². The van der Waals surface area contributed by atoms with Crippen molar-refractivity contribution >= 4 is 16.8 Å². The van der Waals surface area contributed by atoms with Gasteiger partial charge < -0.3 is 25.0 Å². The van der Waals surface area contributed by atoms with Crippen molar-refractivity contribution in [2.45, 2.75) is 57.7 Å². The smallest absolute Gasteiger partial charge is 0.265 e. The SMILES string of the molecule is CCOc1ccc(-c2cccc3c2cc(C(N)=O)n3C2CCN(C[C@H](C)N3CCC(O)CC3)CC2)cc1. The maximum Gasteiger partial charge on any atom is 0.265 e. The minimum Gasteiger partial charge on any atom is -0.494 e. The van der Waals surface area contributed by atoms with Crippen molar-refractivity contribution in [3.8, 4) is 16.9 Å². The number of aliphatic hydroxyl groups is 1. The summed E-state index contributed by atoms with van der Waals surface area (Å²) in [5.74, 6) is 0.477. The summed E-state index contributed by atoms with van der Waals surface area (Å²) in [6, 6.07) is 17.1. The average molecular weight is 505 g/mol. The summed E-state index contributed by atoms with van der Waals surface area (Å²) in [4.78, 5) is 17.6. The van der Waals surface area contributed by atoms with E-state index in [2.05, 4.69) is 51.6 Å². The van der Waals surface area contributed by atoms with Crippen molar-refractivity contribution in [2.75, 3.05) is 39.3 Å². The van der Waals surface area contributed by atoms with E-state index in [4.69, 9.17) is 10.5 Å². The van der Waals surface area contributed by atoms with Gasteiger partial charge in [-0.1, -0.05) is 24.3 Å². The molecule has 198 valence electrons. The maximum atomic E-state index is 12.6. The number of primary amides is 1. The van der Waals surface area contributed by atoms with Gasteiger partial charge in [-0.25, -0.2) is 0 Å². The van der Waals surface area contributed by atoms with Crippen molar-refractivity contribution < 1.29 is 14.6 Å². The second-order valence-corrected chi connectivity index (χ2v) is 10.6. The second-order valence-electron chi connectivity index (χ2n) is 10.6. The molecule has 7 heteroatoms. The number of aliphatic hydroxyl groups excluding tert-OH is 1. The van der Waals surface area contributed by atoms with Crippen LogP contribution in [0.15, 0.2) is 48.5 Å². The lowest BCUT2D eigenvalue weighted by atomic mass is 10.0. The fourth-order valence-corrected chi connectivity index (χ4v) is 6.16. The van der Waals surface area contributed by atoms with Crippen LogP contribution in [-0.2, 0) is 0 Å². The Bertz CT molecular complexity index is 1210. The van der Waals surface area contributed by atoms with Crippen molar-refractivity contribution in [3.63, 3.8) is 0 Å². The Morgan fingerprint density at radius 2 is 1.76 bits per heavy atom. The maximum absolute atomic E-state index is 12.6. The van der Waals surface area contributed by atoms with Gasteiger partial charge in [0.05, 0.1) is 12.7 Å². The minimum absolute atomic E-state index is 0.134. The molecule has 2 aromatic carbocycles. The van der Waals surface area contributed by atoms with Crippen molar-refractivity contribution in [1.82, 2.24) is 14.4 Å². The predicted molar refractivity (Wildman–Crippen MR) is 148 cm³/mol. The van der Waals surface area contributed by atoms with Gasteiger partial charge in [-0.15, -0.1) is 0 Å². The number of amides is 1. The normalized spacial score (nSPS) is 19.3. The van der Waals surface area contributed by atoms with Crippen LogP contribution in [0.25, 0.3) is 22.0 Å². The summed E-state index contributed by atoms with van der Waals surface area (Å²) in [5, 5.41) is 10.9. The highest BCUT2D eigenvalue weighted by molar-refractivity contribution is 6.03. The monoisotopic (exact) mass is 504 g/mol. The van der Waals surface area contributed by atoms with Gasteiger partial charge in [0.15, 0.2) is 0 Å². The number of nitrogens with two attached hydrogens (primary N) is 1. The average Bonchev–Trinajstić information content (AvgIpc) is 3.30. The third-order valence-corrected chi connectivity index (χ3v) is 8.18. The molecule has 3 N–H and O–H groups in total. The number of nitrogens with zero attached hydrogens (tertiary/aromatic N) is 3. The Kier molecular flexibility index (Phi) is 7.84. The third-order valence-electron chi connectivity index (χ3n) is 8.18. The predicted octanol–water partition coefficient (Wildman–Crippen LogP) is 4.29. The number of rotatable bonds is 8. The van der Waals surface area contributed by atoms with E-state index in [1.807, 2.05) is 25.1 Å². The summed E-state index contributed by atoms with van der Waals surface area (Å²) in [7, 11) is 0. The molecule has 1 amide bonds. The van der Waals surface area contributed by atoms with Crippen LogP contribution in [0.1, 0.15) is 56.1 Å². The summed E-state index contributed by atoms with van der Waals surface area (Å²) in [6.07, 6.45) is 3.60. The molecule has 1 aromatic heterocycles. The number of benzene rings is 2. The number of carbonyl (C=O) groups is 1. The van der Waals surface area contributed by atoms with Crippen LogP contribution in [0.5, 0.6) is 5.75 Å². The van der Waals surface area contributed by atoms with E-state index < -0.39 is 0 Å². The first-order valence-corrected chi connectivity index (χ1v) is 13.8. The molecule has 2 aliphatic rings. The summed E-state index contributed by atoms with van der Waals surface area (Å²) >= 11 is 0. The number of hydrogen-bond acceptors (Lipinski definition) is 5. The molecule has 2 saturated heterocycles. The highest BCUT2D eigenvalue weighted by atomic mass is 16.5. The summed E-state index contributed by atoms with van der Waals surface area (Å²) in [6.45, 7) is 9.93. The number of piperidine rings is 2. The first-order valence-electron chi connectivity index (χ1n) is 13.8. The van der Waals surface area contributed by atoms with E-state index in [1.54, 1.807) is 0 Å². The van der Waals surface area contributed by atoms with Crippen LogP contribution in [-0.4, -0.2) is 76.9 Å². The molecule has 0 spiro atoms. The quantitative estimate of drug-likeness (QED) is 0.478. The largest absolute Gasteiger partial charge is 0.494 e. The Hall–Kier alpha value is -2.87. The molecule has 0 unspecified atom stereocenters. The fourth-order valence-electron chi connectivity index (χ4n) is 6.16. The second kappa shape index (κ2) is 11.3. The standard InChI is InChI=1S/C30H40N4O3/c1-3-37-25-9-7-22(8-10-25)26-5-4-6-28-27(26)19-29(30(31)36)34(28)23-11-15-32(16-12-23)20-21(2)33-17-13-24(35)14-18-33/h4-10,19,21,23-24,35H,3,11-18,20H2,1-2H3,(H2,31,36)/t21-/m0/s1. The van der Waals surface area contributed by atoms with Crippen molar-refractivity contribution in [2.24, 2.45) is 5.73 Å². The number of hydrogen-bond donors (Lipinski definition) is 2. The van der Waals surface area contributed by atoms with E-state index in [0.717, 1.165) is 86.2 Å². The minimum atomic E-state index is -0.378. The van der Waals surface area contributed by atoms with Gasteiger partial charge >= 0.3 is 0 Å². The van der Waals surface area contributed by atoms with Gasteiger partial charge in [0, 0.05) is 55.7 Å². The zero-order valence-electron chi connectivity index (χ0n) is 22.1. The van der Waals surface area contributed by atoms with Gasteiger partial charge in [0.2, 0.25) is 0 Å². The van der Waals surface area contributed by atoms with E-state index in [9.17, 15) is 9.90 Å². The van der Waals surface area contributed by atoms with E-state index in [1.165, 1.54) is 0 Å². The summed E-state index contributed by atoms with van der Waals surface area (Å²) in [5.41, 5.74) is 9.75. The first-order chi connectivity index (χ1) is 17.9. The Morgan fingerprint density at radius 3 is 2.41 bits per heavy atom. The van der Waals surface area contributed by atoms with E-state index >= 15 is 0 Å². The molecule has 0 saturated carbocycles. The van der Waals surface area contributed by atoms with Gasteiger partial charge in [-0.2, -0.15) is 0 Å². The third kappa shape index (κ3) is 5.54. The molecule has 7 nitrogen and oxygen atoms in total. The number of aromatic nitrogens is 1. The molecule has 0 aliphatic carbocycles. The lowest BCUT2D eigenvalue weighted by Crippen LogP contribution is -2.48. The van der Waals surface area contributed by atoms with Crippen LogP contribution in [0.3, 0.4) is 0 Å². The zero-order valence-corrected chi connectivity index (χ0v) is 22.1. The zero-order chi connectivity index (χ0) is 25.9. The van der Waals surface area contributed by atoms with Crippen molar-refractivity contribution in [3.05, 3.63) is 54.2 Å². The lowest BCUT2D eigenvalue weighted by molar-refractivity contribution is 0.0493. The Labute approximate surface area is 219 Å². The molecule has 0 radical (unpaired) electrons. The van der Waals surface area contributed by atoms with Crippen LogP contribution in [0, 0.1) is 0 Å². The fraction of sp³-hybridized carbons (Fsp3) is 0.500. The van der Waals surface area contributed by atoms with Crippen LogP contribution in [0.4, 0.5) is 0 Å². The molecule has 0 bridgehead atoms. The molecule has 2 fully saturated rings. The molecule has 3 aromatic rings. The topological polar surface area (TPSA) is 84.0 Å². The number of fused-ring (bicyclic) bond motifs is 1. The van der Waals surface area contributed by atoms with Crippen LogP contribution in [0.2, 0.25) is 0 Å². The Balaban J connectivity index is 1.34. The highest BCUT2D eigenvalue weighted by Crippen LogP contribution is 2.36. The number of carbonyl (C=O) groups excluding carboxylic acids is 1. The van der Waals surface area contributed by atoms with Crippen LogP contribution >= 0.6 is 0 Å².